The SMILES string of the molecule is COc1ccc(Oc2ccc(N3C(=S)N[C@H](c4ccccn4)[C@@H]3c3c(C)c(C)n(-c4cccc(Cl)c4)c3C)cc2)cc1. The fourth-order valence-electron chi connectivity index (χ4n) is 5.83. The number of ether oxygens (including phenoxy) is 2. The van der Waals surface area contributed by atoms with E-state index in [9.17, 15) is 0 Å². The summed E-state index contributed by atoms with van der Waals surface area (Å²) in [6.45, 7) is 6.50. The summed E-state index contributed by atoms with van der Waals surface area (Å²) in [5, 5.41) is 4.93. The molecule has 42 heavy (non-hydrogen) atoms. The largest absolute Gasteiger partial charge is 0.497 e. The summed E-state index contributed by atoms with van der Waals surface area (Å²) >= 11 is 12.4. The van der Waals surface area contributed by atoms with Crippen molar-refractivity contribution in [2.24, 2.45) is 0 Å². The number of pyridine rings is 1. The summed E-state index contributed by atoms with van der Waals surface area (Å²) in [6, 6.07) is 29.2. The van der Waals surface area contributed by atoms with Gasteiger partial charge in [0.25, 0.3) is 0 Å². The van der Waals surface area contributed by atoms with E-state index in [1.807, 2.05) is 91.1 Å². The highest BCUT2D eigenvalue weighted by Gasteiger charge is 2.43. The number of anilines is 1. The van der Waals surface area contributed by atoms with Crippen LogP contribution in [0, 0.1) is 20.8 Å². The Kier molecular flexibility index (Phi) is 7.62. The van der Waals surface area contributed by atoms with Gasteiger partial charge in [-0.3, -0.25) is 4.98 Å². The Hall–Kier alpha value is -4.33. The number of thiocarbonyl (C=S) groups is 1. The van der Waals surface area contributed by atoms with E-state index in [4.69, 9.17) is 38.3 Å². The van der Waals surface area contributed by atoms with E-state index in [1.54, 1.807) is 7.11 Å². The third-order valence-corrected chi connectivity index (χ3v) is 8.43. The van der Waals surface area contributed by atoms with Crippen LogP contribution in [-0.4, -0.2) is 21.8 Å². The van der Waals surface area contributed by atoms with Crippen LogP contribution < -0.4 is 19.7 Å². The molecule has 0 spiro atoms. The fraction of sp³-hybridized carbons (Fsp3) is 0.176. The molecule has 8 heteroatoms. The van der Waals surface area contributed by atoms with E-state index < -0.39 is 0 Å². The van der Waals surface area contributed by atoms with Gasteiger partial charge in [-0.05, 0) is 117 Å². The molecule has 1 aliphatic rings. The predicted octanol–water partition coefficient (Wildman–Crippen LogP) is 8.43. The lowest BCUT2D eigenvalue weighted by Gasteiger charge is -2.29. The molecule has 1 N–H and O–H groups in total. The Morgan fingerprint density at radius 2 is 1.50 bits per heavy atom. The molecule has 2 atom stereocenters. The molecule has 2 aromatic heterocycles. The molecule has 1 aliphatic heterocycles. The third kappa shape index (κ3) is 5.10. The number of hydrogen-bond donors (Lipinski definition) is 1. The predicted molar refractivity (Wildman–Crippen MR) is 172 cm³/mol. The van der Waals surface area contributed by atoms with Crippen LogP contribution in [0.2, 0.25) is 5.02 Å². The zero-order valence-corrected chi connectivity index (χ0v) is 25.4. The molecule has 0 saturated carbocycles. The van der Waals surface area contributed by atoms with Crippen LogP contribution in [0.5, 0.6) is 17.2 Å². The number of nitrogens with one attached hydrogen (secondary N) is 1. The lowest BCUT2D eigenvalue weighted by Crippen LogP contribution is -2.29. The third-order valence-electron chi connectivity index (χ3n) is 7.88. The Bertz CT molecular complexity index is 1740. The second-order valence-electron chi connectivity index (χ2n) is 10.3. The van der Waals surface area contributed by atoms with Crippen LogP contribution in [-0.2, 0) is 0 Å². The maximum absolute atomic E-state index is 6.40. The first-order chi connectivity index (χ1) is 20.4. The second-order valence-corrected chi connectivity index (χ2v) is 11.1. The molecule has 0 unspecified atom stereocenters. The summed E-state index contributed by atoms with van der Waals surface area (Å²) in [6.07, 6.45) is 1.83. The molecule has 1 saturated heterocycles. The van der Waals surface area contributed by atoms with E-state index >= 15 is 0 Å². The van der Waals surface area contributed by atoms with Gasteiger partial charge in [0.2, 0.25) is 0 Å². The number of methoxy groups -OCH3 is 1. The van der Waals surface area contributed by atoms with Gasteiger partial charge in [-0.25, -0.2) is 0 Å². The molecule has 0 radical (unpaired) electrons. The van der Waals surface area contributed by atoms with Gasteiger partial charge in [0, 0.05) is 39.5 Å². The van der Waals surface area contributed by atoms with Gasteiger partial charge in [-0.2, -0.15) is 0 Å². The molecule has 0 aliphatic carbocycles. The second kappa shape index (κ2) is 11.5. The van der Waals surface area contributed by atoms with Crippen LogP contribution in [0.1, 0.15) is 40.3 Å². The van der Waals surface area contributed by atoms with Crippen LogP contribution in [0.25, 0.3) is 5.69 Å². The summed E-state index contributed by atoms with van der Waals surface area (Å²) in [7, 11) is 1.65. The smallest absolute Gasteiger partial charge is 0.174 e. The Morgan fingerprint density at radius 1 is 0.810 bits per heavy atom. The molecule has 6 nitrogen and oxygen atoms in total. The fourth-order valence-corrected chi connectivity index (χ4v) is 6.36. The highest BCUT2D eigenvalue weighted by Crippen LogP contribution is 2.45. The van der Waals surface area contributed by atoms with E-state index in [2.05, 4.69) is 41.6 Å². The molecule has 0 amide bonds. The van der Waals surface area contributed by atoms with Gasteiger partial charge >= 0.3 is 0 Å². The number of benzene rings is 3. The monoisotopic (exact) mass is 594 g/mol. The van der Waals surface area contributed by atoms with Gasteiger partial charge in [0.05, 0.1) is 24.9 Å². The quantitative estimate of drug-likeness (QED) is 0.191. The minimum absolute atomic E-state index is 0.139. The number of halogens is 1. The molecule has 3 aromatic carbocycles. The normalized spacial score (nSPS) is 16.4. The molecular formula is C34H31ClN4O2S. The van der Waals surface area contributed by atoms with E-state index in [1.165, 1.54) is 11.1 Å². The molecule has 0 bridgehead atoms. The molecule has 212 valence electrons. The van der Waals surface area contributed by atoms with Crippen molar-refractivity contribution in [3.8, 4) is 22.9 Å². The van der Waals surface area contributed by atoms with E-state index in [-0.39, 0.29) is 12.1 Å². The minimum Gasteiger partial charge on any atom is -0.497 e. The van der Waals surface area contributed by atoms with Crippen molar-refractivity contribution < 1.29 is 9.47 Å². The number of aromatic nitrogens is 2. The van der Waals surface area contributed by atoms with Crippen molar-refractivity contribution in [1.82, 2.24) is 14.9 Å². The standard InChI is InChI=1S/C34H31ClN4O2S/c1-21-22(2)38(26-9-7-8-24(35)20-26)23(3)31(21)33-32(30-10-5-6-19-36-30)37-34(42)39(33)25-11-13-28(14-12-25)41-29-17-15-27(40-4)16-18-29/h5-20,32-33H,1-4H3,(H,37,42)/t32-,33+/m1/s1. The van der Waals surface area contributed by atoms with E-state index in [0.717, 1.165) is 45.7 Å². The highest BCUT2D eigenvalue weighted by molar-refractivity contribution is 7.80. The van der Waals surface area contributed by atoms with Crippen LogP contribution >= 0.6 is 23.8 Å². The molecule has 1 fully saturated rings. The molecule has 5 aromatic rings. The van der Waals surface area contributed by atoms with Gasteiger partial charge in [-0.1, -0.05) is 23.7 Å². The summed E-state index contributed by atoms with van der Waals surface area (Å²) < 4.78 is 13.6. The average Bonchev–Trinajstić information content (AvgIpc) is 3.45. The lowest BCUT2D eigenvalue weighted by molar-refractivity contribution is 0.413. The molecular weight excluding hydrogens is 564 g/mol. The number of hydrogen-bond acceptors (Lipinski definition) is 4. The Morgan fingerprint density at radius 3 is 2.14 bits per heavy atom. The lowest BCUT2D eigenvalue weighted by atomic mass is 9.93. The van der Waals surface area contributed by atoms with Crippen molar-refractivity contribution in [2.75, 3.05) is 12.0 Å². The number of nitrogens with zero attached hydrogens (tertiary/aromatic N) is 3. The van der Waals surface area contributed by atoms with Crippen molar-refractivity contribution in [1.29, 1.82) is 0 Å². The topological polar surface area (TPSA) is 51.6 Å². The summed E-state index contributed by atoms with van der Waals surface area (Å²) in [5.74, 6) is 2.25. The van der Waals surface area contributed by atoms with Crippen molar-refractivity contribution in [3.05, 3.63) is 130 Å². The summed E-state index contributed by atoms with van der Waals surface area (Å²) in [5.41, 5.74) is 7.62. The van der Waals surface area contributed by atoms with Crippen molar-refractivity contribution in [2.45, 2.75) is 32.9 Å². The zero-order chi connectivity index (χ0) is 29.4. The van der Waals surface area contributed by atoms with Crippen molar-refractivity contribution in [3.63, 3.8) is 0 Å². The van der Waals surface area contributed by atoms with Gasteiger partial charge in [0.15, 0.2) is 5.11 Å². The van der Waals surface area contributed by atoms with Crippen LogP contribution in [0.3, 0.4) is 0 Å². The van der Waals surface area contributed by atoms with E-state index in [0.29, 0.717) is 10.1 Å². The maximum Gasteiger partial charge on any atom is 0.174 e. The first-order valence-corrected chi connectivity index (χ1v) is 14.5. The average molecular weight is 595 g/mol. The Balaban J connectivity index is 1.42. The van der Waals surface area contributed by atoms with Gasteiger partial charge in [0.1, 0.15) is 17.2 Å². The van der Waals surface area contributed by atoms with Gasteiger partial charge < -0.3 is 24.3 Å². The van der Waals surface area contributed by atoms with Crippen LogP contribution in [0.4, 0.5) is 5.69 Å². The minimum atomic E-state index is -0.152. The number of rotatable bonds is 7. The van der Waals surface area contributed by atoms with Gasteiger partial charge in [-0.15, -0.1) is 0 Å². The van der Waals surface area contributed by atoms with Crippen LogP contribution in [0.15, 0.2) is 97.2 Å². The maximum atomic E-state index is 6.40. The van der Waals surface area contributed by atoms with Crippen molar-refractivity contribution >= 4 is 34.6 Å². The highest BCUT2D eigenvalue weighted by atomic mass is 35.5. The zero-order valence-electron chi connectivity index (χ0n) is 23.8. The Labute approximate surface area is 256 Å². The first kappa shape index (κ1) is 27.8. The molecule has 3 heterocycles. The summed E-state index contributed by atoms with van der Waals surface area (Å²) in [4.78, 5) is 6.93. The molecule has 6 rings (SSSR count). The first-order valence-electron chi connectivity index (χ1n) is 13.7.